The maximum atomic E-state index is 8.71. The van der Waals surface area contributed by atoms with Crippen molar-refractivity contribution in [3.05, 3.63) is 18.0 Å². The molecule has 0 aliphatic rings. The average molecular weight is 200 g/mol. The first-order valence-electron chi connectivity index (χ1n) is 4.42. The first-order valence-corrected chi connectivity index (χ1v) is 5.47. The van der Waals surface area contributed by atoms with E-state index in [1.165, 1.54) is 5.56 Å². The average Bonchev–Trinajstić information content (AvgIpc) is 2.49. The van der Waals surface area contributed by atoms with Crippen molar-refractivity contribution >= 4 is 11.8 Å². The van der Waals surface area contributed by atoms with Crippen molar-refractivity contribution in [2.24, 2.45) is 7.05 Å². The monoisotopic (exact) mass is 200 g/mol. The Morgan fingerprint density at radius 2 is 2.46 bits per heavy atom. The van der Waals surface area contributed by atoms with Gasteiger partial charge in [0, 0.05) is 30.9 Å². The van der Waals surface area contributed by atoms with E-state index in [4.69, 9.17) is 5.11 Å². The first kappa shape index (κ1) is 10.6. The van der Waals surface area contributed by atoms with Crippen molar-refractivity contribution in [2.45, 2.75) is 24.3 Å². The summed E-state index contributed by atoms with van der Waals surface area (Å²) in [5, 5.41) is 13.3. The molecule has 1 aromatic rings. The van der Waals surface area contributed by atoms with E-state index in [9.17, 15) is 0 Å². The summed E-state index contributed by atoms with van der Waals surface area (Å²) >= 11 is 1.85. The molecular weight excluding hydrogens is 184 g/mol. The normalized spacial score (nSPS) is 13.2. The molecule has 0 fully saturated rings. The van der Waals surface area contributed by atoms with Crippen LogP contribution < -0.4 is 0 Å². The quantitative estimate of drug-likeness (QED) is 0.781. The first-order chi connectivity index (χ1) is 6.22. The number of rotatable bonds is 5. The summed E-state index contributed by atoms with van der Waals surface area (Å²) in [4.78, 5) is 0. The third-order valence-corrected chi connectivity index (χ3v) is 3.13. The smallest absolute Gasteiger partial charge is 0.0530 e. The zero-order valence-corrected chi connectivity index (χ0v) is 8.92. The van der Waals surface area contributed by atoms with Gasteiger partial charge in [-0.2, -0.15) is 16.9 Å². The van der Waals surface area contributed by atoms with E-state index in [-0.39, 0.29) is 6.61 Å². The lowest BCUT2D eigenvalue weighted by atomic mass is 10.3. The summed E-state index contributed by atoms with van der Waals surface area (Å²) in [5.74, 6) is 0.981. The second-order valence-corrected chi connectivity index (χ2v) is 4.58. The molecule has 0 aromatic carbocycles. The summed E-state index contributed by atoms with van der Waals surface area (Å²) < 4.78 is 1.81. The van der Waals surface area contributed by atoms with Gasteiger partial charge >= 0.3 is 0 Å². The summed E-state index contributed by atoms with van der Waals surface area (Å²) in [5.41, 5.74) is 1.25. The molecule has 4 heteroatoms. The Labute approximate surface area is 83.1 Å². The number of thioether (sulfide) groups is 1. The maximum Gasteiger partial charge on any atom is 0.0530 e. The van der Waals surface area contributed by atoms with Gasteiger partial charge in [-0.15, -0.1) is 0 Å². The largest absolute Gasteiger partial charge is 0.396 e. The number of aliphatic hydroxyl groups is 1. The van der Waals surface area contributed by atoms with Gasteiger partial charge in [0.25, 0.3) is 0 Å². The minimum Gasteiger partial charge on any atom is -0.396 e. The van der Waals surface area contributed by atoms with Crippen molar-refractivity contribution in [1.29, 1.82) is 0 Å². The van der Waals surface area contributed by atoms with E-state index >= 15 is 0 Å². The molecule has 0 aliphatic heterocycles. The lowest BCUT2D eigenvalue weighted by Crippen LogP contribution is -1.99. The lowest BCUT2D eigenvalue weighted by Gasteiger charge is -2.07. The summed E-state index contributed by atoms with van der Waals surface area (Å²) in [6.45, 7) is 2.42. The number of aromatic nitrogens is 2. The number of hydrogen-bond donors (Lipinski definition) is 1. The van der Waals surface area contributed by atoms with Crippen LogP contribution in [0.5, 0.6) is 0 Å². The van der Waals surface area contributed by atoms with Gasteiger partial charge in [0.05, 0.1) is 6.20 Å². The van der Waals surface area contributed by atoms with Crippen LogP contribution in [0.2, 0.25) is 0 Å². The van der Waals surface area contributed by atoms with Crippen molar-refractivity contribution in [3.63, 3.8) is 0 Å². The Balaban J connectivity index is 2.26. The Kier molecular flexibility index (Phi) is 4.32. The van der Waals surface area contributed by atoms with Gasteiger partial charge in [0.1, 0.15) is 0 Å². The van der Waals surface area contributed by atoms with Gasteiger partial charge in [0.2, 0.25) is 0 Å². The van der Waals surface area contributed by atoms with Crippen LogP contribution in [0.25, 0.3) is 0 Å². The zero-order valence-electron chi connectivity index (χ0n) is 8.10. The van der Waals surface area contributed by atoms with Crippen molar-refractivity contribution < 1.29 is 5.11 Å². The molecule has 0 amide bonds. The highest BCUT2D eigenvalue weighted by Crippen LogP contribution is 2.18. The molecule has 1 unspecified atom stereocenters. The number of hydrogen-bond acceptors (Lipinski definition) is 3. The van der Waals surface area contributed by atoms with E-state index in [1.807, 2.05) is 35.9 Å². The highest BCUT2D eigenvalue weighted by atomic mass is 32.2. The van der Waals surface area contributed by atoms with E-state index < -0.39 is 0 Å². The van der Waals surface area contributed by atoms with E-state index in [0.717, 1.165) is 12.2 Å². The van der Waals surface area contributed by atoms with E-state index in [0.29, 0.717) is 5.25 Å². The molecule has 0 saturated heterocycles. The minimum atomic E-state index is 0.279. The highest BCUT2D eigenvalue weighted by molar-refractivity contribution is 7.99. The van der Waals surface area contributed by atoms with Crippen LogP contribution in [0.3, 0.4) is 0 Å². The molecule has 0 bridgehead atoms. The predicted molar refractivity (Wildman–Crippen MR) is 55.7 cm³/mol. The van der Waals surface area contributed by atoms with Crippen LogP contribution in [0.1, 0.15) is 18.9 Å². The van der Waals surface area contributed by atoms with Crippen LogP contribution in [-0.2, 0) is 12.8 Å². The molecule has 13 heavy (non-hydrogen) atoms. The summed E-state index contributed by atoms with van der Waals surface area (Å²) in [6, 6.07) is 0. The van der Waals surface area contributed by atoms with Crippen molar-refractivity contribution in [1.82, 2.24) is 9.78 Å². The number of aliphatic hydroxyl groups excluding tert-OH is 1. The molecule has 0 radical (unpaired) electrons. The molecule has 1 atom stereocenters. The maximum absolute atomic E-state index is 8.71. The van der Waals surface area contributed by atoms with Crippen LogP contribution in [0, 0.1) is 0 Å². The Hall–Kier alpha value is -0.480. The molecule has 0 saturated carbocycles. The lowest BCUT2D eigenvalue weighted by molar-refractivity contribution is 0.289. The zero-order chi connectivity index (χ0) is 9.68. The number of aryl methyl sites for hydroxylation is 1. The molecular formula is C9H16N2OS. The van der Waals surface area contributed by atoms with Crippen LogP contribution >= 0.6 is 11.8 Å². The SMILES string of the molecule is CC(CCO)SCc1cnn(C)c1. The third kappa shape index (κ3) is 3.83. The molecule has 3 nitrogen and oxygen atoms in total. The highest BCUT2D eigenvalue weighted by Gasteiger charge is 2.03. The standard InChI is InChI=1S/C9H16N2OS/c1-8(3-4-12)13-7-9-5-10-11(2)6-9/h5-6,8,12H,3-4,7H2,1-2H3. The van der Waals surface area contributed by atoms with Gasteiger partial charge in [0.15, 0.2) is 0 Å². The van der Waals surface area contributed by atoms with Gasteiger partial charge in [-0.1, -0.05) is 6.92 Å². The molecule has 1 heterocycles. The second-order valence-electron chi connectivity index (χ2n) is 3.16. The molecule has 1 aromatic heterocycles. The predicted octanol–water partition coefficient (Wildman–Crippen LogP) is 1.42. The molecule has 0 aliphatic carbocycles. The summed E-state index contributed by atoms with van der Waals surface area (Å²) in [7, 11) is 1.92. The Morgan fingerprint density at radius 3 is 3.00 bits per heavy atom. The molecule has 1 rings (SSSR count). The Morgan fingerprint density at radius 1 is 1.69 bits per heavy atom. The topological polar surface area (TPSA) is 38.1 Å². The second kappa shape index (κ2) is 5.29. The van der Waals surface area contributed by atoms with E-state index in [1.54, 1.807) is 0 Å². The molecule has 1 N–H and O–H groups in total. The minimum absolute atomic E-state index is 0.279. The number of nitrogens with zero attached hydrogens (tertiary/aromatic N) is 2. The van der Waals surface area contributed by atoms with Crippen LogP contribution in [0.4, 0.5) is 0 Å². The fraction of sp³-hybridized carbons (Fsp3) is 0.667. The van der Waals surface area contributed by atoms with Gasteiger partial charge < -0.3 is 5.11 Å². The van der Waals surface area contributed by atoms with Crippen LogP contribution in [-0.4, -0.2) is 26.7 Å². The van der Waals surface area contributed by atoms with Crippen molar-refractivity contribution in [2.75, 3.05) is 6.61 Å². The van der Waals surface area contributed by atoms with Crippen LogP contribution in [0.15, 0.2) is 12.4 Å². The molecule has 0 spiro atoms. The molecule has 74 valence electrons. The summed E-state index contributed by atoms with van der Waals surface area (Å²) in [6.07, 6.45) is 4.78. The van der Waals surface area contributed by atoms with E-state index in [2.05, 4.69) is 12.0 Å². The van der Waals surface area contributed by atoms with Crippen molar-refractivity contribution in [3.8, 4) is 0 Å². The fourth-order valence-corrected chi connectivity index (χ4v) is 1.95. The fourth-order valence-electron chi connectivity index (χ4n) is 1.05. The Bertz CT molecular complexity index is 250. The van der Waals surface area contributed by atoms with Gasteiger partial charge in [-0.3, -0.25) is 4.68 Å². The van der Waals surface area contributed by atoms with Gasteiger partial charge in [-0.05, 0) is 12.0 Å². The third-order valence-electron chi connectivity index (χ3n) is 1.83. The van der Waals surface area contributed by atoms with Gasteiger partial charge in [-0.25, -0.2) is 0 Å².